The Balaban J connectivity index is 4.91. The fourth-order valence-electron chi connectivity index (χ4n) is 2.58. The predicted octanol–water partition coefficient (Wildman–Crippen LogP) is 3.51. The first-order valence-electron chi connectivity index (χ1n) is 7.27. The van der Waals surface area contributed by atoms with Crippen LogP contribution in [0.4, 0.5) is 0 Å². The fraction of sp³-hybridized carbons (Fsp3) is 1.00. The van der Waals surface area contributed by atoms with Crippen molar-refractivity contribution in [3.05, 3.63) is 0 Å². The van der Waals surface area contributed by atoms with E-state index in [1.54, 1.807) is 0 Å². The van der Waals surface area contributed by atoms with E-state index in [-0.39, 0.29) is 5.54 Å². The van der Waals surface area contributed by atoms with Crippen molar-refractivity contribution in [1.29, 1.82) is 0 Å². The van der Waals surface area contributed by atoms with E-state index in [0.717, 1.165) is 18.9 Å². The summed E-state index contributed by atoms with van der Waals surface area (Å²) in [6, 6.07) is 0.586. The molecule has 0 aromatic carbocycles. The van der Waals surface area contributed by atoms with E-state index in [0.29, 0.717) is 12.0 Å². The van der Waals surface area contributed by atoms with Gasteiger partial charge in [-0.3, -0.25) is 4.90 Å². The van der Waals surface area contributed by atoms with Gasteiger partial charge in [-0.15, -0.1) is 0 Å². The van der Waals surface area contributed by atoms with Crippen molar-refractivity contribution in [3.8, 4) is 0 Å². The Bertz CT molecular complexity index is 197. The molecule has 0 aliphatic carbocycles. The third-order valence-corrected chi connectivity index (χ3v) is 4.79. The molecule has 0 heterocycles. The molecule has 3 atom stereocenters. The van der Waals surface area contributed by atoms with E-state index in [1.165, 1.54) is 12.8 Å². The molecule has 0 spiro atoms. The van der Waals surface area contributed by atoms with Gasteiger partial charge in [0.2, 0.25) is 0 Å². The number of hydrogen-bond donors (Lipinski definition) is 1. The Kier molecular flexibility index (Phi) is 7.34. The molecule has 0 aliphatic rings. The van der Waals surface area contributed by atoms with E-state index in [9.17, 15) is 0 Å². The smallest absolute Gasteiger partial charge is 0.0331 e. The van der Waals surface area contributed by atoms with Crippen molar-refractivity contribution in [3.63, 3.8) is 0 Å². The molecule has 2 heteroatoms. The van der Waals surface area contributed by atoms with E-state index in [1.807, 2.05) is 0 Å². The number of likely N-dealkylation sites (N-methyl/N-ethyl adjacent to an activating group) is 1. The molecule has 17 heavy (non-hydrogen) atoms. The maximum absolute atomic E-state index is 6.12. The Labute approximate surface area is 109 Å². The average molecular weight is 242 g/mol. The Hall–Kier alpha value is -0.0800. The highest BCUT2D eigenvalue weighted by Gasteiger charge is 2.35. The quantitative estimate of drug-likeness (QED) is 0.706. The van der Waals surface area contributed by atoms with Crippen LogP contribution in [0.25, 0.3) is 0 Å². The summed E-state index contributed by atoms with van der Waals surface area (Å²) in [7, 11) is 2.25. The molecular formula is C15H34N2. The molecule has 0 saturated carbocycles. The van der Waals surface area contributed by atoms with Gasteiger partial charge >= 0.3 is 0 Å². The van der Waals surface area contributed by atoms with E-state index < -0.39 is 0 Å². The van der Waals surface area contributed by atoms with Gasteiger partial charge in [-0.1, -0.05) is 41.0 Å². The summed E-state index contributed by atoms with van der Waals surface area (Å²) in [5.74, 6) is 1.43. The molecule has 2 nitrogen and oxygen atoms in total. The molecule has 104 valence electrons. The summed E-state index contributed by atoms with van der Waals surface area (Å²) in [4.78, 5) is 2.53. The number of nitrogens with two attached hydrogens (primary N) is 1. The van der Waals surface area contributed by atoms with Crippen molar-refractivity contribution < 1.29 is 0 Å². The van der Waals surface area contributed by atoms with Gasteiger partial charge in [-0.25, -0.2) is 0 Å². The SMILES string of the molecule is CCC(C)CC(CC)(CN)N(C)C(C)C(C)C. The van der Waals surface area contributed by atoms with Crippen LogP contribution in [0.2, 0.25) is 0 Å². The summed E-state index contributed by atoms with van der Waals surface area (Å²) in [5, 5.41) is 0. The highest BCUT2D eigenvalue weighted by molar-refractivity contribution is 4.93. The zero-order valence-corrected chi connectivity index (χ0v) is 13.1. The first-order chi connectivity index (χ1) is 7.84. The van der Waals surface area contributed by atoms with E-state index >= 15 is 0 Å². The zero-order valence-electron chi connectivity index (χ0n) is 13.1. The third kappa shape index (κ3) is 4.26. The lowest BCUT2D eigenvalue weighted by Gasteiger charge is -2.46. The Morgan fingerprint density at radius 2 is 1.65 bits per heavy atom. The molecular weight excluding hydrogens is 208 g/mol. The molecule has 0 aromatic heterocycles. The minimum atomic E-state index is 0.180. The van der Waals surface area contributed by atoms with Crippen LogP contribution < -0.4 is 5.73 Å². The number of rotatable bonds is 8. The monoisotopic (exact) mass is 242 g/mol. The molecule has 0 amide bonds. The molecule has 0 radical (unpaired) electrons. The van der Waals surface area contributed by atoms with Crippen molar-refractivity contribution >= 4 is 0 Å². The summed E-state index contributed by atoms with van der Waals surface area (Å²) in [5.41, 5.74) is 6.30. The maximum Gasteiger partial charge on any atom is 0.0331 e. The van der Waals surface area contributed by atoms with Crippen molar-refractivity contribution in [2.75, 3.05) is 13.6 Å². The number of hydrogen-bond acceptors (Lipinski definition) is 2. The third-order valence-electron chi connectivity index (χ3n) is 4.79. The first-order valence-corrected chi connectivity index (χ1v) is 7.27. The van der Waals surface area contributed by atoms with Crippen molar-refractivity contribution in [2.45, 2.75) is 72.4 Å². The highest BCUT2D eigenvalue weighted by atomic mass is 15.2. The topological polar surface area (TPSA) is 29.3 Å². The molecule has 0 rings (SSSR count). The van der Waals surface area contributed by atoms with Crippen LogP contribution in [-0.2, 0) is 0 Å². The molecule has 0 bridgehead atoms. The van der Waals surface area contributed by atoms with Gasteiger partial charge in [0.1, 0.15) is 0 Å². The van der Waals surface area contributed by atoms with E-state index in [4.69, 9.17) is 5.73 Å². The molecule has 3 unspecified atom stereocenters. The molecule has 2 N–H and O–H groups in total. The van der Waals surface area contributed by atoms with Crippen LogP contribution in [0.5, 0.6) is 0 Å². The maximum atomic E-state index is 6.12. The predicted molar refractivity (Wildman–Crippen MR) is 78.2 cm³/mol. The van der Waals surface area contributed by atoms with E-state index in [2.05, 4.69) is 53.5 Å². The second kappa shape index (κ2) is 7.38. The first kappa shape index (κ1) is 16.9. The largest absolute Gasteiger partial charge is 0.329 e. The second-order valence-electron chi connectivity index (χ2n) is 6.10. The van der Waals surface area contributed by atoms with Crippen molar-refractivity contribution in [2.24, 2.45) is 17.6 Å². The van der Waals surface area contributed by atoms with Crippen LogP contribution in [-0.4, -0.2) is 30.1 Å². The van der Waals surface area contributed by atoms with Crippen LogP contribution in [0.3, 0.4) is 0 Å². The van der Waals surface area contributed by atoms with Gasteiger partial charge in [-0.2, -0.15) is 0 Å². The van der Waals surface area contributed by atoms with Crippen LogP contribution >= 0.6 is 0 Å². The normalized spacial score (nSPS) is 19.4. The Morgan fingerprint density at radius 3 is 1.94 bits per heavy atom. The van der Waals surface area contributed by atoms with Crippen LogP contribution in [0.1, 0.15) is 60.8 Å². The summed E-state index contributed by atoms with van der Waals surface area (Å²) < 4.78 is 0. The Morgan fingerprint density at radius 1 is 1.12 bits per heavy atom. The van der Waals surface area contributed by atoms with Crippen molar-refractivity contribution in [1.82, 2.24) is 4.90 Å². The van der Waals surface area contributed by atoms with Gasteiger partial charge in [0, 0.05) is 18.1 Å². The standard InChI is InChI=1S/C15H34N2/c1-8-13(5)10-15(9-2,11-16)17(7)14(6)12(3)4/h12-14H,8-11,16H2,1-7H3. The molecule has 0 aromatic rings. The lowest BCUT2D eigenvalue weighted by molar-refractivity contribution is 0.0402. The zero-order chi connectivity index (χ0) is 13.6. The van der Waals surface area contributed by atoms with Crippen LogP contribution in [0, 0.1) is 11.8 Å². The van der Waals surface area contributed by atoms with Gasteiger partial charge in [0.05, 0.1) is 0 Å². The summed E-state index contributed by atoms with van der Waals surface area (Å²) in [6.45, 7) is 14.6. The van der Waals surface area contributed by atoms with Gasteiger partial charge in [0.15, 0.2) is 0 Å². The van der Waals surface area contributed by atoms with Gasteiger partial charge in [-0.05, 0) is 38.6 Å². The summed E-state index contributed by atoms with van der Waals surface area (Å²) >= 11 is 0. The minimum absolute atomic E-state index is 0.180. The lowest BCUT2D eigenvalue weighted by Crippen LogP contribution is -2.56. The second-order valence-corrected chi connectivity index (χ2v) is 6.10. The minimum Gasteiger partial charge on any atom is -0.329 e. The number of nitrogens with zero attached hydrogens (tertiary/aromatic N) is 1. The van der Waals surface area contributed by atoms with Gasteiger partial charge < -0.3 is 5.73 Å². The summed E-state index contributed by atoms with van der Waals surface area (Å²) in [6.07, 6.45) is 3.59. The van der Waals surface area contributed by atoms with Gasteiger partial charge in [0.25, 0.3) is 0 Å². The average Bonchev–Trinajstić information content (AvgIpc) is 2.33. The van der Waals surface area contributed by atoms with Crippen LogP contribution in [0.15, 0.2) is 0 Å². The molecule has 0 fully saturated rings. The molecule has 0 aliphatic heterocycles. The lowest BCUT2D eigenvalue weighted by atomic mass is 9.81. The molecule has 0 saturated heterocycles. The highest BCUT2D eigenvalue weighted by Crippen LogP contribution is 2.30. The fourth-order valence-corrected chi connectivity index (χ4v) is 2.58.